The molecule has 0 unspecified atom stereocenters. The van der Waals surface area contributed by atoms with Gasteiger partial charge in [-0.05, 0) is 54.3 Å². The number of rotatable bonds is 3. The van der Waals surface area contributed by atoms with E-state index >= 15 is 0 Å². The van der Waals surface area contributed by atoms with E-state index in [2.05, 4.69) is 42.3 Å². The maximum Gasteiger partial charge on any atom is 0.335 e. The summed E-state index contributed by atoms with van der Waals surface area (Å²) in [5.74, 6) is -0.886. The van der Waals surface area contributed by atoms with E-state index in [1.165, 1.54) is 16.8 Å². The minimum atomic E-state index is -0.886. The lowest BCUT2D eigenvalue weighted by Gasteiger charge is -2.15. The predicted molar refractivity (Wildman–Crippen MR) is 84.5 cm³/mol. The molecule has 0 fully saturated rings. The standard InChI is InChI=1S/C18H17NO2/c1-13-3-2-4-17(11-13)19-10-9-16(12-19)14-5-7-15(8-6-14)18(20)21/h2-8,11-12H,9-10H2,1H3,(H,20,21). The van der Waals surface area contributed by atoms with Gasteiger partial charge in [-0.3, -0.25) is 0 Å². The Labute approximate surface area is 124 Å². The van der Waals surface area contributed by atoms with E-state index in [1.807, 2.05) is 12.1 Å². The summed E-state index contributed by atoms with van der Waals surface area (Å²) in [7, 11) is 0. The second kappa shape index (κ2) is 5.44. The molecule has 0 aliphatic carbocycles. The number of carboxylic acid groups (broad SMARTS) is 1. The molecular weight excluding hydrogens is 262 g/mol. The van der Waals surface area contributed by atoms with E-state index in [4.69, 9.17) is 5.11 Å². The number of benzene rings is 2. The molecule has 1 aliphatic heterocycles. The molecule has 0 bridgehead atoms. The molecule has 3 heteroatoms. The highest BCUT2D eigenvalue weighted by Crippen LogP contribution is 2.29. The van der Waals surface area contributed by atoms with Crippen molar-refractivity contribution in [2.75, 3.05) is 11.4 Å². The van der Waals surface area contributed by atoms with E-state index in [1.54, 1.807) is 12.1 Å². The number of anilines is 1. The second-order valence-corrected chi connectivity index (χ2v) is 5.32. The average Bonchev–Trinajstić information content (AvgIpc) is 2.97. The van der Waals surface area contributed by atoms with Crippen LogP contribution >= 0.6 is 0 Å². The van der Waals surface area contributed by atoms with Gasteiger partial charge in [0.1, 0.15) is 0 Å². The third-order valence-electron chi connectivity index (χ3n) is 3.77. The Morgan fingerprint density at radius 1 is 1.14 bits per heavy atom. The number of hydrogen-bond donors (Lipinski definition) is 1. The molecule has 1 aliphatic rings. The topological polar surface area (TPSA) is 40.5 Å². The van der Waals surface area contributed by atoms with Crippen molar-refractivity contribution in [1.82, 2.24) is 0 Å². The zero-order valence-corrected chi connectivity index (χ0v) is 11.9. The van der Waals surface area contributed by atoms with Crippen LogP contribution in [0.3, 0.4) is 0 Å². The smallest absolute Gasteiger partial charge is 0.335 e. The van der Waals surface area contributed by atoms with Crippen molar-refractivity contribution in [3.05, 3.63) is 71.4 Å². The van der Waals surface area contributed by atoms with Crippen molar-refractivity contribution in [3.63, 3.8) is 0 Å². The van der Waals surface area contributed by atoms with Crippen molar-refractivity contribution in [2.24, 2.45) is 0 Å². The molecule has 1 heterocycles. The van der Waals surface area contributed by atoms with E-state index in [0.29, 0.717) is 5.56 Å². The summed E-state index contributed by atoms with van der Waals surface area (Å²) in [4.78, 5) is 13.1. The fourth-order valence-electron chi connectivity index (χ4n) is 2.61. The predicted octanol–water partition coefficient (Wildman–Crippen LogP) is 3.94. The van der Waals surface area contributed by atoms with Crippen molar-refractivity contribution in [1.29, 1.82) is 0 Å². The normalized spacial score (nSPS) is 14.1. The van der Waals surface area contributed by atoms with Crippen LogP contribution in [-0.2, 0) is 0 Å². The van der Waals surface area contributed by atoms with Crippen LogP contribution in [0, 0.1) is 6.92 Å². The molecule has 106 valence electrons. The molecule has 0 radical (unpaired) electrons. The molecule has 0 amide bonds. The van der Waals surface area contributed by atoms with Gasteiger partial charge in [-0.1, -0.05) is 24.3 Å². The van der Waals surface area contributed by atoms with E-state index in [9.17, 15) is 4.79 Å². The van der Waals surface area contributed by atoms with Crippen LogP contribution in [0.15, 0.2) is 54.7 Å². The van der Waals surface area contributed by atoms with E-state index in [0.717, 1.165) is 18.5 Å². The second-order valence-electron chi connectivity index (χ2n) is 5.32. The van der Waals surface area contributed by atoms with Crippen molar-refractivity contribution in [2.45, 2.75) is 13.3 Å². The average molecular weight is 279 g/mol. The fourth-order valence-corrected chi connectivity index (χ4v) is 2.61. The van der Waals surface area contributed by atoms with Gasteiger partial charge in [-0.15, -0.1) is 0 Å². The van der Waals surface area contributed by atoms with E-state index in [-0.39, 0.29) is 0 Å². The molecule has 2 aromatic rings. The van der Waals surface area contributed by atoms with Gasteiger partial charge in [0.2, 0.25) is 0 Å². The summed E-state index contributed by atoms with van der Waals surface area (Å²) < 4.78 is 0. The molecule has 21 heavy (non-hydrogen) atoms. The summed E-state index contributed by atoms with van der Waals surface area (Å²) in [6.45, 7) is 3.05. The molecule has 3 nitrogen and oxygen atoms in total. The maximum atomic E-state index is 10.9. The first-order valence-electron chi connectivity index (χ1n) is 7.01. The van der Waals surface area contributed by atoms with Crippen molar-refractivity contribution >= 4 is 17.2 Å². The molecular formula is C18H17NO2. The summed E-state index contributed by atoms with van der Waals surface area (Å²) in [5, 5.41) is 8.93. The van der Waals surface area contributed by atoms with Gasteiger partial charge in [0.15, 0.2) is 0 Å². The highest BCUT2D eigenvalue weighted by molar-refractivity contribution is 5.88. The first-order chi connectivity index (χ1) is 10.1. The lowest BCUT2D eigenvalue weighted by Crippen LogP contribution is -2.11. The first-order valence-corrected chi connectivity index (χ1v) is 7.01. The molecule has 0 saturated carbocycles. The largest absolute Gasteiger partial charge is 0.478 e. The summed E-state index contributed by atoms with van der Waals surface area (Å²) in [6, 6.07) is 15.5. The zero-order chi connectivity index (χ0) is 14.8. The highest BCUT2D eigenvalue weighted by atomic mass is 16.4. The Hall–Kier alpha value is -2.55. The third kappa shape index (κ3) is 2.82. The van der Waals surface area contributed by atoms with Gasteiger partial charge < -0.3 is 10.0 Å². The Kier molecular flexibility index (Phi) is 3.48. The Bertz CT molecular complexity index is 701. The monoisotopic (exact) mass is 279 g/mol. The maximum absolute atomic E-state index is 10.9. The molecule has 0 aromatic heterocycles. The summed E-state index contributed by atoms with van der Waals surface area (Å²) in [5.41, 5.74) is 5.11. The number of carboxylic acids is 1. The number of hydrogen-bond acceptors (Lipinski definition) is 2. The number of aromatic carboxylic acids is 1. The Morgan fingerprint density at radius 3 is 2.57 bits per heavy atom. The number of carbonyl (C=O) groups is 1. The molecule has 0 atom stereocenters. The van der Waals surface area contributed by atoms with Crippen molar-refractivity contribution in [3.8, 4) is 0 Å². The first kappa shape index (κ1) is 13.4. The lowest BCUT2D eigenvalue weighted by molar-refractivity contribution is 0.0697. The quantitative estimate of drug-likeness (QED) is 0.925. The Morgan fingerprint density at radius 2 is 1.90 bits per heavy atom. The van der Waals surface area contributed by atoms with Gasteiger partial charge in [0, 0.05) is 18.4 Å². The third-order valence-corrected chi connectivity index (χ3v) is 3.77. The van der Waals surface area contributed by atoms with Gasteiger partial charge in [0.25, 0.3) is 0 Å². The van der Waals surface area contributed by atoms with Crippen LogP contribution in [0.5, 0.6) is 0 Å². The van der Waals surface area contributed by atoms with Gasteiger partial charge in [0.05, 0.1) is 5.56 Å². The zero-order valence-electron chi connectivity index (χ0n) is 11.9. The van der Waals surface area contributed by atoms with E-state index < -0.39 is 5.97 Å². The van der Waals surface area contributed by atoms with Gasteiger partial charge in [-0.25, -0.2) is 4.79 Å². The molecule has 3 rings (SSSR count). The highest BCUT2D eigenvalue weighted by Gasteiger charge is 2.15. The van der Waals surface area contributed by atoms with Crippen LogP contribution in [-0.4, -0.2) is 17.6 Å². The van der Waals surface area contributed by atoms with Crippen LogP contribution in [0.1, 0.15) is 27.9 Å². The fraction of sp³-hybridized carbons (Fsp3) is 0.167. The van der Waals surface area contributed by atoms with Crippen LogP contribution < -0.4 is 4.90 Å². The molecule has 0 spiro atoms. The minimum absolute atomic E-state index is 0.327. The van der Waals surface area contributed by atoms with Gasteiger partial charge >= 0.3 is 5.97 Å². The molecule has 2 aromatic carbocycles. The van der Waals surface area contributed by atoms with Gasteiger partial charge in [-0.2, -0.15) is 0 Å². The number of nitrogens with zero attached hydrogens (tertiary/aromatic N) is 1. The van der Waals surface area contributed by atoms with Crippen molar-refractivity contribution < 1.29 is 9.90 Å². The van der Waals surface area contributed by atoms with Crippen LogP contribution in [0.2, 0.25) is 0 Å². The SMILES string of the molecule is Cc1cccc(N2C=C(c3ccc(C(=O)O)cc3)CC2)c1. The molecule has 1 N–H and O–H groups in total. The Balaban J connectivity index is 1.84. The van der Waals surface area contributed by atoms with Crippen LogP contribution in [0.4, 0.5) is 5.69 Å². The molecule has 0 saturated heterocycles. The minimum Gasteiger partial charge on any atom is -0.478 e. The lowest BCUT2D eigenvalue weighted by atomic mass is 10.0. The van der Waals surface area contributed by atoms with Crippen LogP contribution in [0.25, 0.3) is 5.57 Å². The summed E-state index contributed by atoms with van der Waals surface area (Å²) >= 11 is 0. The summed E-state index contributed by atoms with van der Waals surface area (Å²) in [6.07, 6.45) is 3.13. The number of aryl methyl sites for hydroxylation is 1.